The number of nitrogens with zero attached hydrogens (tertiary/aromatic N) is 1. The summed E-state index contributed by atoms with van der Waals surface area (Å²) in [6.45, 7) is 1.41. The number of nitrogens with one attached hydrogen (secondary N) is 1. The van der Waals surface area contributed by atoms with Gasteiger partial charge in [0, 0.05) is 19.6 Å². The van der Waals surface area contributed by atoms with Crippen LogP contribution >= 0.6 is 11.3 Å². The molecule has 0 spiro atoms. The van der Waals surface area contributed by atoms with E-state index in [1.54, 1.807) is 18.4 Å². The van der Waals surface area contributed by atoms with Crippen molar-refractivity contribution >= 4 is 21.4 Å². The molecule has 0 bridgehead atoms. The van der Waals surface area contributed by atoms with E-state index in [2.05, 4.69) is 5.32 Å². The summed E-state index contributed by atoms with van der Waals surface area (Å²) in [5.41, 5.74) is 1.06. The van der Waals surface area contributed by atoms with E-state index in [0.29, 0.717) is 6.54 Å². The Bertz CT molecular complexity index is 436. The highest BCUT2D eigenvalue weighted by atomic mass is 32.2. The van der Waals surface area contributed by atoms with Gasteiger partial charge in [-0.05, 0) is 41.8 Å². The summed E-state index contributed by atoms with van der Waals surface area (Å²) in [6, 6.07) is 2.09. The monoisotopic (exact) mass is 274 g/mol. The molecule has 0 aliphatic carbocycles. The van der Waals surface area contributed by atoms with Gasteiger partial charge in [-0.1, -0.05) is 0 Å². The van der Waals surface area contributed by atoms with Gasteiger partial charge in [0.25, 0.3) is 0 Å². The second-order valence-electron chi connectivity index (χ2n) is 4.46. The standard InChI is InChI=1S/C11H18N2O2S2/c1-13(7-10-4-6-16-8-10)17(14,15)9-11-3-2-5-12-11/h4,6,8,11-12H,2-3,5,7,9H2,1H3. The number of sulfonamides is 1. The van der Waals surface area contributed by atoms with Gasteiger partial charge in [0.1, 0.15) is 0 Å². The summed E-state index contributed by atoms with van der Waals surface area (Å²) in [5.74, 6) is 0.216. The van der Waals surface area contributed by atoms with Crippen molar-refractivity contribution in [2.75, 3.05) is 19.3 Å². The molecule has 1 aliphatic heterocycles. The van der Waals surface area contributed by atoms with E-state index in [0.717, 1.165) is 24.9 Å². The van der Waals surface area contributed by atoms with Crippen LogP contribution in [0.4, 0.5) is 0 Å². The number of rotatable bonds is 5. The lowest BCUT2D eigenvalue weighted by Gasteiger charge is -2.19. The number of hydrogen-bond donors (Lipinski definition) is 1. The largest absolute Gasteiger partial charge is 0.313 e. The highest BCUT2D eigenvalue weighted by molar-refractivity contribution is 7.89. The van der Waals surface area contributed by atoms with Gasteiger partial charge in [-0.25, -0.2) is 12.7 Å². The van der Waals surface area contributed by atoms with Crippen molar-refractivity contribution in [2.45, 2.75) is 25.4 Å². The first kappa shape index (κ1) is 13.0. The lowest BCUT2D eigenvalue weighted by atomic mass is 10.3. The molecule has 2 heterocycles. The quantitative estimate of drug-likeness (QED) is 0.879. The topological polar surface area (TPSA) is 49.4 Å². The minimum atomic E-state index is -3.14. The average Bonchev–Trinajstić information content (AvgIpc) is 2.90. The fourth-order valence-corrected chi connectivity index (χ4v) is 4.07. The fourth-order valence-electron chi connectivity index (χ4n) is 2.02. The van der Waals surface area contributed by atoms with Crippen molar-refractivity contribution in [1.82, 2.24) is 9.62 Å². The van der Waals surface area contributed by atoms with E-state index in [9.17, 15) is 8.42 Å². The number of thiophene rings is 1. The Balaban J connectivity index is 1.94. The van der Waals surface area contributed by atoms with Gasteiger partial charge in [-0.2, -0.15) is 11.3 Å². The molecule has 1 N–H and O–H groups in total. The molecule has 0 radical (unpaired) electrons. The molecule has 1 atom stereocenters. The van der Waals surface area contributed by atoms with Crippen molar-refractivity contribution in [3.63, 3.8) is 0 Å². The predicted molar refractivity (Wildman–Crippen MR) is 70.6 cm³/mol. The maximum atomic E-state index is 12.1. The van der Waals surface area contributed by atoms with Gasteiger partial charge in [0.2, 0.25) is 10.0 Å². The van der Waals surface area contributed by atoms with Crippen LogP contribution in [0.1, 0.15) is 18.4 Å². The minimum absolute atomic E-state index is 0.130. The molecule has 0 aromatic carbocycles. The first-order chi connectivity index (χ1) is 8.08. The van der Waals surface area contributed by atoms with Crippen molar-refractivity contribution in [3.05, 3.63) is 22.4 Å². The summed E-state index contributed by atoms with van der Waals surface area (Å²) in [4.78, 5) is 0. The molecule has 1 saturated heterocycles. The Morgan fingerprint density at radius 2 is 2.41 bits per heavy atom. The van der Waals surface area contributed by atoms with Crippen molar-refractivity contribution < 1.29 is 8.42 Å². The van der Waals surface area contributed by atoms with E-state index in [1.807, 2.05) is 16.8 Å². The van der Waals surface area contributed by atoms with Crippen LogP contribution in [0, 0.1) is 0 Å². The first-order valence-corrected chi connectivity index (χ1v) is 8.31. The lowest BCUT2D eigenvalue weighted by Crippen LogP contribution is -2.37. The Morgan fingerprint density at radius 3 is 3.00 bits per heavy atom. The normalized spacial score (nSPS) is 21.2. The summed E-state index contributed by atoms with van der Waals surface area (Å²) in [5, 5.41) is 7.18. The molecule has 96 valence electrons. The van der Waals surface area contributed by atoms with Gasteiger partial charge in [0.05, 0.1) is 5.75 Å². The number of hydrogen-bond acceptors (Lipinski definition) is 4. The molecule has 1 aromatic rings. The van der Waals surface area contributed by atoms with E-state index in [-0.39, 0.29) is 11.8 Å². The van der Waals surface area contributed by atoms with Crippen LogP contribution < -0.4 is 5.32 Å². The lowest BCUT2D eigenvalue weighted by molar-refractivity contribution is 0.460. The van der Waals surface area contributed by atoms with Crippen LogP contribution in [0.2, 0.25) is 0 Å². The third-order valence-electron chi connectivity index (χ3n) is 3.03. The molecule has 1 unspecified atom stereocenters. The smallest absolute Gasteiger partial charge is 0.215 e. The van der Waals surface area contributed by atoms with Crippen LogP contribution in [-0.2, 0) is 16.6 Å². The van der Waals surface area contributed by atoms with Gasteiger partial charge in [0.15, 0.2) is 0 Å². The third kappa shape index (κ3) is 3.51. The molecule has 1 aliphatic rings. The molecule has 4 nitrogen and oxygen atoms in total. The van der Waals surface area contributed by atoms with Crippen LogP contribution in [0.25, 0.3) is 0 Å². The maximum absolute atomic E-state index is 12.1. The van der Waals surface area contributed by atoms with Crippen molar-refractivity contribution in [2.24, 2.45) is 0 Å². The van der Waals surface area contributed by atoms with Gasteiger partial charge >= 0.3 is 0 Å². The Labute approximate surface area is 107 Å². The third-order valence-corrected chi connectivity index (χ3v) is 5.67. The summed E-state index contributed by atoms with van der Waals surface area (Å²) in [7, 11) is -1.49. The summed E-state index contributed by atoms with van der Waals surface area (Å²) in [6.07, 6.45) is 2.04. The highest BCUT2D eigenvalue weighted by Gasteiger charge is 2.25. The zero-order valence-corrected chi connectivity index (χ0v) is 11.6. The Hall–Kier alpha value is -0.430. The van der Waals surface area contributed by atoms with Crippen LogP contribution in [-0.4, -0.2) is 38.1 Å². The molecular formula is C11H18N2O2S2. The SMILES string of the molecule is CN(Cc1ccsc1)S(=O)(=O)CC1CCCN1. The summed E-state index contributed by atoms with van der Waals surface area (Å²) >= 11 is 1.59. The Morgan fingerprint density at radius 1 is 1.59 bits per heavy atom. The average molecular weight is 274 g/mol. The zero-order valence-electron chi connectivity index (χ0n) is 9.93. The zero-order chi connectivity index (χ0) is 12.3. The molecule has 2 rings (SSSR count). The van der Waals surface area contributed by atoms with E-state index >= 15 is 0 Å². The van der Waals surface area contributed by atoms with Crippen LogP contribution in [0.5, 0.6) is 0 Å². The van der Waals surface area contributed by atoms with E-state index in [1.165, 1.54) is 4.31 Å². The first-order valence-electron chi connectivity index (χ1n) is 5.76. The molecule has 1 fully saturated rings. The van der Waals surface area contributed by atoms with Gasteiger partial charge in [-0.15, -0.1) is 0 Å². The van der Waals surface area contributed by atoms with E-state index in [4.69, 9.17) is 0 Å². The van der Waals surface area contributed by atoms with Crippen molar-refractivity contribution in [1.29, 1.82) is 0 Å². The van der Waals surface area contributed by atoms with Gasteiger partial charge < -0.3 is 5.32 Å². The van der Waals surface area contributed by atoms with Crippen molar-refractivity contribution in [3.8, 4) is 0 Å². The molecular weight excluding hydrogens is 256 g/mol. The predicted octanol–water partition coefficient (Wildman–Crippen LogP) is 1.26. The second-order valence-corrected chi connectivity index (χ2v) is 7.36. The van der Waals surface area contributed by atoms with E-state index < -0.39 is 10.0 Å². The second kappa shape index (κ2) is 5.48. The Kier molecular flexibility index (Phi) is 4.19. The highest BCUT2D eigenvalue weighted by Crippen LogP contribution is 2.14. The van der Waals surface area contributed by atoms with Crippen LogP contribution in [0.15, 0.2) is 16.8 Å². The molecule has 6 heteroatoms. The maximum Gasteiger partial charge on any atom is 0.215 e. The van der Waals surface area contributed by atoms with Crippen LogP contribution in [0.3, 0.4) is 0 Å². The molecule has 1 aromatic heterocycles. The fraction of sp³-hybridized carbons (Fsp3) is 0.636. The summed E-state index contributed by atoms with van der Waals surface area (Å²) < 4.78 is 25.7. The molecule has 17 heavy (non-hydrogen) atoms. The molecule has 0 amide bonds. The molecule has 0 saturated carbocycles. The van der Waals surface area contributed by atoms with Gasteiger partial charge in [-0.3, -0.25) is 0 Å². The minimum Gasteiger partial charge on any atom is -0.313 e.